The number of anilines is 1. The van der Waals surface area contributed by atoms with Gasteiger partial charge in [-0.2, -0.15) is 0 Å². The Balaban J connectivity index is 1.85. The highest BCUT2D eigenvalue weighted by Gasteiger charge is 2.18. The van der Waals surface area contributed by atoms with Gasteiger partial charge >= 0.3 is 0 Å². The van der Waals surface area contributed by atoms with Gasteiger partial charge in [-0.05, 0) is 18.2 Å². The molecule has 3 rings (SSSR count). The van der Waals surface area contributed by atoms with Crippen molar-refractivity contribution in [3.05, 3.63) is 66.4 Å². The predicted octanol–water partition coefficient (Wildman–Crippen LogP) is 2.42. The van der Waals surface area contributed by atoms with E-state index in [0.717, 1.165) is 22.2 Å². The molecule has 20 heavy (non-hydrogen) atoms. The summed E-state index contributed by atoms with van der Waals surface area (Å²) >= 11 is 0. The lowest BCUT2D eigenvalue weighted by molar-refractivity contribution is 0.0995. The molecule has 2 N–H and O–H groups in total. The van der Waals surface area contributed by atoms with Gasteiger partial charge in [-0.3, -0.25) is 4.79 Å². The van der Waals surface area contributed by atoms with E-state index in [-0.39, 0.29) is 11.7 Å². The molecule has 1 atom stereocenters. The molecule has 3 aromatic rings. The molecule has 0 saturated carbocycles. The summed E-state index contributed by atoms with van der Waals surface area (Å²) in [5, 5.41) is 4.20. The topological polar surface area (TPSA) is 44.9 Å². The highest BCUT2D eigenvalue weighted by Crippen LogP contribution is 2.19. The highest BCUT2D eigenvalue weighted by molar-refractivity contribution is 6.31. The van der Waals surface area contributed by atoms with Crippen LogP contribution in [0.15, 0.2) is 60.8 Å². The van der Waals surface area contributed by atoms with Crippen molar-refractivity contribution in [1.82, 2.24) is 4.98 Å². The zero-order valence-corrected chi connectivity index (χ0v) is 11.3. The molecule has 1 aromatic heterocycles. The van der Waals surface area contributed by atoms with Gasteiger partial charge in [0.05, 0.1) is 5.94 Å². The third kappa shape index (κ3) is 2.32. The molecule has 0 aliphatic rings. The molecule has 0 spiro atoms. The molecule has 0 bridgehead atoms. The Morgan fingerprint density at radius 3 is 2.55 bits per heavy atom. The quantitative estimate of drug-likeness (QED) is 0.560. The van der Waals surface area contributed by atoms with Crippen LogP contribution in [0, 0.1) is 0 Å². The molecule has 1 heterocycles. The number of carbonyl (C=O) groups is 1. The van der Waals surface area contributed by atoms with Gasteiger partial charge in [0.1, 0.15) is 7.85 Å². The first-order valence-electron chi connectivity index (χ1n) is 6.67. The van der Waals surface area contributed by atoms with Crippen molar-refractivity contribution in [2.45, 2.75) is 5.94 Å². The average molecular weight is 262 g/mol. The summed E-state index contributed by atoms with van der Waals surface area (Å²) in [6.45, 7) is 0. The molecule has 0 radical (unpaired) electrons. The van der Waals surface area contributed by atoms with Crippen LogP contribution in [0.1, 0.15) is 10.4 Å². The van der Waals surface area contributed by atoms with E-state index in [1.165, 1.54) is 0 Å². The normalized spacial score (nSPS) is 12.2. The van der Waals surface area contributed by atoms with Gasteiger partial charge < -0.3 is 10.3 Å². The van der Waals surface area contributed by atoms with E-state index in [1.54, 1.807) is 6.20 Å². The number of rotatable bonds is 4. The summed E-state index contributed by atoms with van der Waals surface area (Å²) in [5.74, 6) is -0.178. The average Bonchev–Trinajstić information content (AvgIpc) is 2.91. The molecular weight excluding hydrogens is 247 g/mol. The van der Waals surface area contributed by atoms with Crippen LogP contribution in [0.3, 0.4) is 0 Å². The summed E-state index contributed by atoms with van der Waals surface area (Å²) in [6.07, 6.45) is 1.79. The van der Waals surface area contributed by atoms with Crippen molar-refractivity contribution in [1.29, 1.82) is 0 Å². The molecule has 0 saturated heterocycles. The van der Waals surface area contributed by atoms with Crippen LogP contribution in [-0.4, -0.2) is 24.6 Å². The van der Waals surface area contributed by atoms with Crippen LogP contribution < -0.4 is 5.32 Å². The van der Waals surface area contributed by atoms with E-state index in [1.807, 2.05) is 62.4 Å². The Morgan fingerprint density at radius 2 is 1.75 bits per heavy atom. The number of hydrogen-bond acceptors (Lipinski definition) is 2. The summed E-state index contributed by atoms with van der Waals surface area (Å²) in [4.78, 5) is 15.7. The number of ketones is 1. The monoisotopic (exact) mass is 262 g/mol. The van der Waals surface area contributed by atoms with Gasteiger partial charge in [0.2, 0.25) is 0 Å². The summed E-state index contributed by atoms with van der Waals surface area (Å²) in [6, 6.07) is 17.6. The van der Waals surface area contributed by atoms with Crippen LogP contribution in [0.4, 0.5) is 5.69 Å². The van der Waals surface area contributed by atoms with Gasteiger partial charge in [0.15, 0.2) is 5.78 Å². The second-order valence-electron chi connectivity index (χ2n) is 4.84. The summed E-state index contributed by atoms with van der Waals surface area (Å²) in [5.41, 5.74) is 2.67. The SMILES string of the molecule is BC(Nc1ccccc1)C(=O)c1c[nH]c2ccccc12. The van der Waals surface area contributed by atoms with E-state index >= 15 is 0 Å². The number of aromatic amines is 1. The Kier molecular flexibility index (Phi) is 3.29. The fourth-order valence-corrected chi connectivity index (χ4v) is 2.36. The zero-order chi connectivity index (χ0) is 13.9. The van der Waals surface area contributed by atoms with Gasteiger partial charge in [-0.15, -0.1) is 0 Å². The van der Waals surface area contributed by atoms with Crippen molar-refractivity contribution in [3.63, 3.8) is 0 Å². The van der Waals surface area contributed by atoms with Crippen LogP contribution in [0.2, 0.25) is 0 Å². The number of nitrogens with one attached hydrogen (secondary N) is 2. The molecule has 0 aliphatic carbocycles. The second kappa shape index (κ2) is 5.25. The molecule has 2 aromatic carbocycles. The summed E-state index contributed by atoms with van der Waals surface area (Å²) < 4.78 is 0. The first-order chi connectivity index (χ1) is 9.75. The molecular formula is C16H15BN2O. The van der Waals surface area contributed by atoms with E-state index in [2.05, 4.69) is 10.3 Å². The van der Waals surface area contributed by atoms with Crippen LogP contribution in [0.25, 0.3) is 10.9 Å². The van der Waals surface area contributed by atoms with Gasteiger partial charge in [-0.25, -0.2) is 0 Å². The minimum absolute atomic E-state index is 0.0892. The zero-order valence-electron chi connectivity index (χ0n) is 11.3. The molecule has 3 nitrogen and oxygen atoms in total. The molecule has 1 unspecified atom stereocenters. The summed E-state index contributed by atoms with van der Waals surface area (Å²) in [7, 11) is 1.89. The lowest BCUT2D eigenvalue weighted by atomic mass is 9.88. The lowest BCUT2D eigenvalue weighted by Gasteiger charge is -2.13. The van der Waals surface area contributed by atoms with Gasteiger partial charge in [-0.1, -0.05) is 36.4 Å². The first-order valence-corrected chi connectivity index (χ1v) is 6.67. The largest absolute Gasteiger partial charge is 0.383 e. The molecule has 4 heteroatoms. The first kappa shape index (κ1) is 12.5. The highest BCUT2D eigenvalue weighted by atomic mass is 16.1. The molecule has 0 amide bonds. The van der Waals surface area contributed by atoms with Crippen molar-refractivity contribution >= 4 is 30.2 Å². The van der Waals surface area contributed by atoms with Crippen LogP contribution in [-0.2, 0) is 0 Å². The Morgan fingerprint density at radius 1 is 1.05 bits per heavy atom. The number of fused-ring (bicyclic) bond motifs is 1. The van der Waals surface area contributed by atoms with E-state index in [0.29, 0.717) is 0 Å². The van der Waals surface area contributed by atoms with E-state index < -0.39 is 0 Å². The minimum atomic E-state index is -0.267. The van der Waals surface area contributed by atoms with Crippen LogP contribution >= 0.6 is 0 Å². The number of Topliss-reactive ketones (excluding diaryl/α,β-unsaturated/α-hetero) is 1. The fourth-order valence-electron chi connectivity index (χ4n) is 2.36. The number of benzene rings is 2. The predicted molar refractivity (Wildman–Crippen MR) is 85.0 cm³/mol. The van der Waals surface area contributed by atoms with E-state index in [9.17, 15) is 4.79 Å². The van der Waals surface area contributed by atoms with Crippen molar-refractivity contribution in [3.8, 4) is 0 Å². The minimum Gasteiger partial charge on any atom is -0.383 e. The van der Waals surface area contributed by atoms with E-state index in [4.69, 9.17) is 0 Å². The van der Waals surface area contributed by atoms with Gasteiger partial charge in [0.25, 0.3) is 0 Å². The third-order valence-electron chi connectivity index (χ3n) is 3.40. The van der Waals surface area contributed by atoms with Crippen LogP contribution in [0.5, 0.6) is 0 Å². The number of carbonyl (C=O) groups excluding carboxylic acids is 1. The standard InChI is InChI=1S/C16H15BN2O/c17-16(19-11-6-2-1-3-7-11)15(20)13-10-18-14-9-5-4-8-12(13)14/h1-10,16,18-19H,17H2. The Hall–Kier alpha value is -2.49. The molecule has 98 valence electrons. The molecule has 0 fully saturated rings. The van der Waals surface area contributed by atoms with Crippen molar-refractivity contribution in [2.24, 2.45) is 0 Å². The van der Waals surface area contributed by atoms with Gasteiger partial charge in [0, 0.05) is 28.4 Å². The second-order valence-corrected chi connectivity index (χ2v) is 4.84. The van der Waals surface area contributed by atoms with Crippen molar-refractivity contribution < 1.29 is 4.79 Å². The molecule has 0 aliphatic heterocycles. The Bertz CT molecular complexity index is 736. The number of aromatic nitrogens is 1. The maximum atomic E-state index is 12.5. The maximum absolute atomic E-state index is 12.5. The number of H-pyrrole nitrogens is 1. The van der Waals surface area contributed by atoms with Crippen molar-refractivity contribution in [2.75, 3.05) is 5.32 Å². The smallest absolute Gasteiger partial charge is 0.178 e. The Labute approximate surface area is 118 Å². The number of hydrogen-bond donors (Lipinski definition) is 2. The maximum Gasteiger partial charge on any atom is 0.178 e. The lowest BCUT2D eigenvalue weighted by Crippen LogP contribution is -2.29. The number of para-hydroxylation sites is 2. The fraction of sp³-hybridized carbons (Fsp3) is 0.0625. The third-order valence-corrected chi connectivity index (χ3v) is 3.40.